The van der Waals surface area contributed by atoms with E-state index in [9.17, 15) is 22.8 Å². The molecule has 15 nitrogen and oxygen atoms in total. The second-order valence-corrected chi connectivity index (χ2v) is 11.1. The second kappa shape index (κ2) is 15.7. The van der Waals surface area contributed by atoms with Crippen LogP contribution in [0.5, 0.6) is 0 Å². The van der Waals surface area contributed by atoms with Crippen molar-refractivity contribution in [1.29, 1.82) is 0 Å². The number of aromatic nitrogens is 8. The molecule has 0 unspecified atom stereocenters. The van der Waals surface area contributed by atoms with Crippen molar-refractivity contribution in [3.63, 3.8) is 0 Å². The third-order valence-corrected chi connectivity index (χ3v) is 4.82. The van der Waals surface area contributed by atoms with Crippen LogP contribution in [0.15, 0.2) is 14.1 Å². The van der Waals surface area contributed by atoms with Gasteiger partial charge in [0.1, 0.15) is 5.82 Å². The molecule has 3 aromatic heterocycles. The van der Waals surface area contributed by atoms with Crippen molar-refractivity contribution in [2.75, 3.05) is 6.26 Å². The maximum absolute atomic E-state index is 10.7. The predicted molar refractivity (Wildman–Crippen MR) is 134 cm³/mol. The van der Waals surface area contributed by atoms with E-state index in [1.807, 2.05) is 46.3 Å². The lowest BCUT2D eigenvalue weighted by atomic mass is 10.2. The zero-order chi connectivity index (χ0) is 28.1. The normalized spacial score (nSPS) is 10.8. The summed E-state index contributed by atoms with van der Waals surface area (Å²) in [5.41, 5.74) is 0. The van der Waals surface area contributed by atoms with Gasteiger partial charge in [0, 0.05) is 35.2 Å². The van der Waals surface area contributed by atoms with E-state index in [4.69, 9.17) is 0 Å². The van der Waals surface area contributed by atoms with Gasteiger partial charge < -0.3 is 0 Å². The van der Waals surface area contributed by atoms with Crippen LogP contribution in [0.2, 0.25) is 0 Å². The van der Waals surface area contributed by atoms with Gasteiger partial charge >= 0.3 is 10.6 Å². The van der Waals surface area contributed by atoms with Crippen molar-refractivity contribution in [3.8, 4) is 0 Å². The molecule has 0 fully saturated rings. The highest BCUT2D eigenvalue weighted by Crippen LogP contribution is 2.06. The molecule has 4 N–H and O–H groups in total. The Bertz CT molecular complexity index is 1170. The van der Waals surface area contributed by atoms with Gasteiger partial charge in [0.2, 0.25) is 15.9 Å². The maximum Gasteiger partial charge on any atom is 0.438 e. The minimum Gasteiger partial charge on any atom is -0.299 e. The summed E-state index contributed by atoms with van der Waals surface area (Å²) in [7, 11) is -3.37. The maximum atomic E-state index is 10.7. The number of carbonyl (C=O) groups is 1. The summed E-state index contributed by atoms with van der Waals surface area (Å²) in [6.07, 6.45) is 0.952. The zero-order valence-electron chi connectivity index (χ0n) is 21.8. The first-order valence-electron chi connectivity index (χ1n) is 10.9. The molecule has 0 aromatic carbocycles. The molecular formula is C19H35N9O6S2. The largest absolute Gasteiger partial charge is 0.438 e. The Hall–Kier alpha value is -3.21. The Labute approximate surface area is 213 Å². The quantitative estimate of drug-likeness (QED) is 0.356. The molecule has 204 valence electrons. The van der Waals surface area contributed by atoms with Gasteiger partial charge in [-0.2, -0.15) is 9.59 Å². The Morgan fingerprint density at radius 2 is 1.53 bits per heavy atom. The molecular weight excluding hydrogens is 514 g/mol. The van der Waals surface area contributed by atoms with Crippen LogP contribution >= 0.6 is 11.5 Å². The monoisotopic (exact) mass is 549 g/mol. The van der Waals surface area contributed by atoms with Crippen LogP contribution in [-0.2, 0) is 14.8 Å². The van der Waals surface area contributed by atoms with Gasteiger partial charge in [-0.3, -0.25) is 28.8 Å². The number of amides is 1. The lowest BCUT2D eigenvalue weighted by molar-refractivity contribution is -0.122. The van der Waals surface area contributed by atoms with Crippen LogP contribution in [0, 0.1) is 5.92 Å². The van der Waals surface area contributed by atoms with E-state index in [1.54, 1.807) is 13.8 Å². The van der Waals surface area contributed by atoms with Crippen molar-refractivity contribution >= 4 is 27.5 Å². The van der Waals surface area contributed by atoms with E-state index in [0.29, 0.717) is 17.7 Å². The lowest BCUT2D eigenvalue weighted by Gasteiger charge is -2.03. The van der Waals surface area contributed by atoms with Crippen molar-refractivity contribution in [3.05, 3.63) is 37.7 Å². The Morgan fingerprint density at radius 1 is 0.944 bits per heavy atom. The third-order valence-electron chi connectivity index (χ3n) is 3.70. The number of nitrogens with one attached hydrogen (secondary N) is 4. The number of sulfonamides is 1. The summed E-state index contributed by atoms with van der Waals surface area (Å²) in [6.45, 7) is 15.1. The summed E-state index contributed by atoms with van der Waals surface area (Å²) >= 11 is 0.972. The molecule has 0 saturated carbocycles. The van der Waals surface area contributed by atoms with E-state index in [2.05, 4.69) is 44.6 Å². The molecule has 0 atom stereocenters. The first kappa shape index (κ1) is 32.8. The molecule has 0 aliphatic rings. The molecule has 0 aliphatic carbocycles. The number of hydrogen-bond acceptors (Lipinski definition) is 12. The number of hydrogen-bond donors (Lipinski definition) is 4. The molecule has 0 radical (unpaired) electrons. The van der Waals surface area contributed by atoms with Gasteiger partial charge in [0.25, 0.3) is 0 Å². The number of aromatic amines is 3. The average Bonchev–Trinajstić information content (AvgIpc) is 3.49. The van der Waals surface area contributed by atoms with Crippen molar-refractivity contribution in [1.82, 2.24) is 44.8 Å². The molecule has 0 spiro atoms. The number of tetrazole rings is 1. The number of carbonyl (C=O) groups excluding carboxylic acids is 1. The van der Waals surface area contributed by atoms with Gasteiger partial charge in [-0.15, -0.1) is 10.2 Å². The summed E-state index contributed by atoms with van der Waals surface area (Å²) in [5, 5.41) is 16.8. The smallest absolute Gasteiger partial charge is 0.299 e. The van der Waals surface area contributed by atoms with Gasteiger partial charge in [-0.25, -0.2) is 13.2 Å². The van der Waals surface area contributed by atoms with Crippen LogP contribution in [0.1, 0.15) is 90.6 Å². The first-order valence-corrected chi connectivity index (χ1v) is 13.6. The van der Waals surface area contributed by atoms with Gasteiger partial charge in [0.15, 0.2) is 11.6 Å². The minimum absolute atomic E-state index is 0.0706. The lowest BCUT2D eigenvalue weighted by Crippen LogP contribution is -2.32. The van der Waals surface area contributed by atoms with Crippen LogP contribution in [0.4, 0.5) is 0 Å². The Kier molecular flexibility index (Phi) is 14.3. The average molecular weight is 550 g/mol. The highest BCUT2D eigenvalue weighted by Gasteiger charge is 2.11. The summed E-state index contributed by atoms with van der Waals surface area (Å²) in [4.78, 5) is 36.5. The predicted octanol–water partition coefficient (Wildman–Crippen LogP) is 1.48. The molecule has 0 aliphatic heterocycles. The van der Waals surface area contributed by atoms with Gasteiger partial charge in [-0.05, 0) is 0 Å². The number of rotatable bonds is 5. The fourth-order valence-electron chi connectivity index (χ4n) is 1.70. The van der Waals surface area contributed by atoms with Crippen molar-refractivity contribution in [2.45, 2.75) is 73.1 Å². The van der Waals surface area contributed by atoms with E-state index in [1.165, 1.54) is 0 Å². The topological polar surface area (TPSA) is 222 Å². The van der Waals surface area contributed by atoms with Crippen LogP contribution < -0.4 is 15.4 Å². The fraction of sp³-hybridized carbons (Fsp3) is 0.684. The summed E-state index contributed by atoms with van der Waals surface area (Å²) in [5.74, 6) is 1.81. The van der Waals surface area contributed by atoms with Crippen molar-refractivity contribution < 1.29 is 17.7 Å². The zero-order valence-corrected chi connectivity index (χ0v) is 23.4. The highest BCUT2D eigenvalue weighted by atomic mass is 32.2. The van der Waals surface area contributed by atoms with Gasteiger partial charge in [0.05, 0.1) is 6.26 Å². The SMILES string of the molecule is CC(C)C(=O)NS(C)(=O)=O.CC(C)c1nn[nH]n1.CC(C)c1noc(=O)[nH]1.CC(C)c1nsc(=O)[nH]1. The van der Waals surface area contributed by atoms with Gasteiger partial charge in [-0.1, -0.05) is 65.8 Å². The van der Waals surface area contributed by atoms with E-state index in [-0.39, 0.29) is 16.7 Å². The molecule has 3 rings (SSSR count). The van der Waals surface area contributed by atoms with E-state index < -0.39 is 21.7 Å². The summed E-state index contributed by atoms with van der Waals surface area (Å²) < 4.78 is 30.8. The summed E-state index contributed by atoms with van der Waals surface area (Å²) in [6, 6.07) is 0. The fourth-order valence-corrected chi connectivity index (χ4v) is 2.88. The third kappa shape index (κ3) is 14.9. The number of nitrogens with zero attached hydrogens (tertiary/aromatic N) is 5. The molecule has 36 heavy (non-hydrogen) atoms. The molecule has 3 heterocycles. The standard InChI is InChI=1S/C5H8N2O2.C5H8N2OS.C5H11NO3S.C4H8N4/c2*1-3(2)4-6-5(8)9-7-4;1-4(2)5(7)6-10(3,8)9;1-3(2)4-5-7-8-6-4/h2*3H,1-2H3,(H,6,7,8);4H,1-3H3,(H,6,7);3H,1-2H3,(H,5,6,7,8). The van der Waals surface area contributed by atoms with Crippen LogP contribution in [0.3, 0.4) is 0 Å². The van der Waals surface area contributed by atoms with Crippen LogP contribution in [-0.4, -0.2) is 60.7 Å². The molecule has 3 aromatic rings. The highest BCUT2D eigenvalue weighted by molar-refractivity contribution is 7.89. The first-order chi connectivity index (χ1) is 16.5. The Balaban J connectivity index is 0.000000454. The minimum atomic E-state index is -3.37. The molecule has 0 bridgehead atoms. The van der Waals surface area contributed by atoms with E-state index in [0.717, 1.165) is 29.4 Å². The molecule has 17 heteroatoms. The molecule has 1 amide bonds. The van der Waals surface area contributed by atoms with Crippen LogP contribution in [0.25, 0.3) is 0 Å². The second-order valence-electron chi connectivity index (χ2n) is 8.59. The number of H-pyrrole nitrogens is 3. The van der Waals surface area contributed by atoms with E-state index >= 15 is 0 Å². The Morgan fingerprint density at radius 3 is 1.72 bits per heavy atom. The molecule has 0 saturated heterocycles. The van der Waals surface area contributed by atoms with Crippen molar-refractivity contribution in [2.24, 2.45) is 5.92 Å².